The molecule has 2 fully saturated rings. The van der Waals surface area contributed by atoms with Crippen LogP contribution in [0.25, 0.3) is 11.1 Å². The Labute approximate surface area is 116 Å². The molecular weight excluding hydrogens is 254 g/mol. The first-order valence-corrected chi connectivity index (χ1v) is 7.21. The third kappa shape index (κ3) is 2.13. The van der Waals surface area contributed by atoms with Crippen molar-refractivity contribution in [3.05, 3.63) is 24.3 Å². The zero-order valence-corrected chi connectivity index (χ0v) is 11.1. The van der Waals surface area contributed by atoms with Gasteiger partial charge in [0.05, 0.1) is 12.1 Å². The molecule has 1 saturated heterocycles. The fourth-order valence-corrected chi connectivity index (χ4v) is 2.98. The van der Waals surface area contributed by atoms with Crippen LogP contribution in [-0.2, 0) is 4.79 Å². The highest BCUT2D eigenvalue weighted by Crippen LogP contribution is 2.37. The van der Waals surface area contributed by atoms with Crippen molar-refractivity contribution in [2.24, 2.45) is 5.92 Å². The molecule has 1 saturated carbocycles. The summed E-state index contributed by atoms with van der Waals surface area (Å²) in [5, 5.41) is 6.48. The summed E-state index contributed by atoms with van der Waals surface area (Å²) in [6, 6.07) is 8.71. The van der Waals surface area contributed by atoms with E-state index in [9.17, 15) is 4.79 Å². The number of hydrogen-bond acceptors (Lipinski definition) is 4. The predicted molar refractivity (Wildman–Crippen MR) is 75.3 cm³/mol. The number of benzene rings is 1. The highest BCUT2D eigenvalue weighted by atomic mass is 16.4. The number of carbonyl (C=O) groups is 1. The van der Waals surface area contributed by atoms with E-state index in [-0.39, 0.29) is 18.0 Å². The average molecular weight is 271 g/mol. The fourth-order valence-electron chi connectivity index (χ4n) is 2.98. The summed E-state index contributed by atoms with van der Waals surface area (Å²) in [6.07, 6.45) is 3.82. The van der Waals surface area contributed by atoms with Crippen molar-refractivity contribution in [2.75, 3.05) is 5.32 Å². The molecule has 2 atom stereocenters. The lowest BCUT2D eigenvalue weighted by Crippen LogP contribution is -2.52. The topological polar surface area (TPSA) is 67.2 Å². The third-order valence-corrected chi connectivity index (χ3v) is 4.18. The van der Waals surface area contributed by atoms with E-state index in [1.54, 1.807) is 0 Å². The molecule has 1 aromatic heterocycles. The van der Waals surface area contributed by atoms with Gasteiger partial charge in [-0.3, -0.25) is 4.79 Å². The zero-order valence-electron chi connectivity index (χ0n) is 11.1. The van der Waals surface area contributed by atoms with Crippen molar-refractivity contribution < 1.29 is 9.21 Å². The van der Waals surface area contributed by atoms with Crippen LogP contribution in [0.1, 0.15) is 25.7 Å². The number of para-hydroxylation sites is 2. The van der Waals surface area contributed by atoms with Gasteiger partial charge in [-0.1, -0.05) is 12.1 Å². The number of oxazole rings is 1. The molecule has 1 amide bonds. The normalized spacial score (nSPS) is 26.5. The molecule has 1 aliphatic heterocycles. The summed E-state index contributed by atoms with van der Waals surface area (Å²) in [6.45, 7) is 0. The first-order chi connectivity index (χ1) is 9.79. The van der Waals surface area contributed by atoms with Crippen molar-refractivity contribution in [3.8, 4) is 0 Å². The number of carbonyl (C=O) groups excluding carboxylic acids is 1. The van der Waals surface area contributed by atoms with Gasteiger partial charge in [0.15, 0.2) is 5.58 Å². The van der Waals surface area contributed by atoms with E-state index in [0.717, 1.165) is 17.5 Å². The molecule has 2 aliphatic rings. The molecule has 0 bridgehead atoms. The maximum Gasteiger partial charge on any atom is 0.295 e. The van der Waals surface area contributed by atoms with Crippen LogP contribution < -0.4 is 10.6 Å². The van der Waals surface area contributed by atoms with E-state index in [2.05, 4.69) is 15.6 Å². The number of amides is 1. The summed E-state index contributed by atoms with van der Waals surface area (Å²) < 4.78 is 5.71. The Balaban J connectivity index is 1.55. The number of nitrogens with one attached hydrogen (secondary N) is 2. The number of piperidine rings is 1. The lowest BCUT2D eigenvalue weighted by Gasteiger charge is -2.32. The second-order valence-electron chi connectivity index (χ2n) is 5.71. The molecule has 4 rings (SSSR count). The van der Waals surface area contributed by atoms with Crippen LogP contribution in [0, 0.1) is 5.92 Å². The van der Waals surface area contributed by atoms with Crippen LogP contribution >= 0.6 is 0 Å². The van der Waals surface area contributed by atoms with E-state index < -0.39 is 0 Å². The highest BCUT2D eigenvalue weighted by molar-refractivity contribution is 5.78. The van der Waals surface area contributed by atoms with Gasteiger partial charge in [-0.15, -0.1) is 0 Å². The highest BCUT2D eigenvalue weighted by Gasteiger charge is 2.40. The Bertz CT molecular complexity index is 614. The van der Waals surface area contributed by atoms with Crippen LogP contribution in [-0.4, -0.2) is 23.0 Å². The van der Waals surface area contributed by atoms with E-state index in [1.807, 2.05) is 24.3 Å². The molecule has 104 valence electrons. The SMILES string of the molecule is O=C1CC[C@@H](Nc2nc3ccccc3o2)[C@H](C2CC2)N1. The molecule has 20 heavy (non-hydrogen) atoms. The van der Waals surface area contributed by atoms with Gasteiger partial charge in [0.25, 0.3) is 6.01 Å². The Morgan fingerprint density at radius 2 is 2.10 bits per heavy atom. The monoisotopic (exact) mass is 271 g/mol. The minimum absolute atomic E-state index is 0.164. The minimum atomic E-state index is 0.164. The van der Waals surface area contributed by atoms with Crippen LogP contribution in [0.5, 0.6) is 0 Å². The van der Waals surface area contributed by atoms with Crippen molar-refractivity contribution in [1.29, 1.82) is 0 Å². The molecule has 0 radical (unpaired) electrons. The van der Waals surface area contributed by atoms with Gasteiger partial charge in [0.2, 0.25) is 5.91 Å². The second-order valence-corrected chi connectivity index (χ2v) is 5.71. The number of hydrogen-bond donors (Lipinski definition) is 2. The largest absolute Gasteiger partial charge is 0.424 e. The summed E-state index contributed by atoms with van der Waals surface area (Å²) in [7, 11) is 0. The Morgan fingerprint density at radius 3 is 2.90 bits per heavy atom. The number of nitrogens with zero attached hydrogens (tertiary/aromatic N) is 1. The van der Waals surface area contributed by atoms with Gasteiger partial charge in [-0.2, -0.15) is 4.98 Å². The maximum atomic E-state index is 11.6. The Hall–Kier alpha value is -2.04. The van der Waals surface area contributed by atoms with E-state index in [0.29, 0.717) is 18.4 Å². The lowest BCUT2D eigenvalue weighted by molar-refractivity contribution is -0.123. The Kier molecular flexibility index (Phi) is 2.65. The van der Waals surface area contributed by atoms with Gasteiger partial charge >= 0.3 is 0 Å². The molecule has 1 aromatic carbocycles. The number of fused-ring (bicyclic) bond motifs is 1. The smallest absolute Gasteiger partial charge is 0.295 e. The predicted octanol–water partition coefficient (Wildman–Crippen LogP) is 2.30. The number of anilines is 1. The average Bonchev–Trinajstić information content (AvgIpc) is 3.21. The van der Waals surface area contributed by atoms with Crippen molar-refractivity contribution in [1.82, 2.24) is 10.3 Å². The number of aromatic nitrogens is 1. The molecule has 0 spiro atoms. The van der Waals surface area contributed by atoms with Gasteiger partial charge in [-0.25, -0.2) is 0 Å². The second kappa shape index (κ2) is 4.51. The van der Waals surface area contributed by atoms with E-state index in [4.69, 9.17) is 4.42 Å². The van der Waals surface area contributed by atoms with E-state index in [1.165, 1.54) is 12.8 Å². The van der Waals surface area contributed by atoms with Gasteiger partial charge in [0.1, 0.15) is 5.52 Å². The van der Waals surface area contributed by atoms with Crippen molar-refractivity contribution >= 4 is 23.0 Å². The van der Waals surface area contributed by atoms with Gasteiger partial charge < -0.3 is 15.1 Å². The summed E-state index contributed by atoms with van der Waals surface area (Å²) in [5.41, 5.74) is 1.65. The Morgan fingerprint density at radius 1 is 1.25 bits per heavy atom. The first-order valence-electron chi connectivity index (χ1n) is 7.21. The standard InChI is InChI=1S/C15H17N3O2/c19-13-8-7-11(14(18-13)9-5-6-9)17-15-16-10-3-1-2-4-12(10)20-15/h1-4,9,11,14H,5-8H2,(H,16,17)(H,18,19)/t11-,14+/m1/s1. The van der Waals surface area contributed by atoms with Crippen molar-refractivity contribution in [3.63, 3.8) is 0 Å². The molecule has 5 nitrogen and oxygen atoms in total. The lowest BCUT2D eigenvalue weighted by atomic mass is 9.94. The van der Waals surface area contributed by atoms with Crippen LogP contribution in [0.2, 0.25) is 0 Å². The van der Waals surface area contributed by atoms with Crippen LogP contribution in [0.4, 0.5) is 6.01 Å². The molecular formula is C15H17N3O2. The summed E-state index contributed by atoms with van der Waals surface area (Å²) in [5.74, 6) is 0.777. The number of rotatable bonds is 3. The van der Waals surface area contributed by atoms with Gasteiger partial charge in [0, 0.05) is 6.42 Å². The molecule has 2 heterocycles. The molecule has 5 heteroatoms. The summed E-state index contributed by atoms with van der Waals surface area (Å²) >= 11 is 0. The summed E-state index contributed by atoms with van der Waals surface area (Å²) in [4.78, 5) is 16.0. The van der Waals surface area contributed by atoms with Crippen molar-refractivity contribution in [2.45, 2.75) is 37.8 Å². The first kappa shape index (κ1) is 11.8. The molecule has 2 N–H and O–H groups in total. The quantitative estimate of drug-likeness (QED) is 0.899. The minimum Gasteiger partial charge on any atom is -0.424 e. The molecule has 0 unspecified atom stereocenters. The zero-order chi connectivity index (χ0) is 13.5. The van der Waals surface area contributed by atoms with Crippen LogP contribution in [0.3, 0.4) is 0 Å². The van der Waals surface area contributed by atoms with E-state index >= 15 is 0 Å². The maximum absolute atomic E-state index is 11.6. The van der Waals surface area contributed by atoms with Crippen LogP contribution in [0.15, 0.2) is 28.7 Å². The third-order valence-electron chi connectivity index (χ3n) is 4.18. The van der Waals surface area contributed by atoms with Gasteiger partial charge in [-0.05, 0) is 37.3 Å². The molecule has 1 aliphatic carbocycles. The fraction of sp³-hybridized carbons (Fsp3) is 0.467. The molecule has 2 aromatic rings.